The maximum absolute atomic E-state index is 9.24. The number of rotatable bonds is 9. The zero-order valence-electron chi connectivity index (χ0n) is 66.8. The van der Waals surface area contributed by atoms with Crippen molar-refractivity contribution in [3.05, 3.63) is 412 Å². The second-order valence-electron chi connectivity index (χ2n) is 31.6. The van der Waals surface area contributed by atoms with E-state index in [1.807, 2.05) is 66.9 Å². The number of nitrogens with zero attached hydrogens (tertiary/aromatic N) is 11. The normalized spacial score (nSPS) is 12.3. The Labute approximate surface area is 715 Å². The Morgan fingerprint density at radius 3 is 0.960 bits per heavy atom. The van der Waals surface area contributed by atoms with Gasteiger partial charge in [-0.1, -0.05) is 194 Å². The van der Waals surface area contributed by atoms with Gasteiger partial charge in [0.2, 0.25) is 17.7 Å². The number of hydrogen-bond acceptors (Lipinski definition) is 11. The molecule has 0 spiro atoms. The fraction of sp³-hybridized carbons (Fsp3) is 0. The van der Waals surface area contributed by atoms with Crippen molar-refractivity contribution >= 4 is 150 Å². The van der Waals surface area contributed by atoms with Gasteiger partial charge < -0.3 is 41.7 Å². The molecule has 0 aliphatic carbocycles. The van der Waals surface area contributed by atoms with E-state index in [4.69, 9.17) is 18.2 Å². The third-order valence-corrected chi connectivity index (χ3v) is 24.4. The largest absolute Gasteiger partial charge is 0.436 e. The van der Waals surface area contributed by atoms with Crippen molar-refractivity contribution in [2.24, 2.45) is 0 Å². The van der Waals surface area contributed by atoms with Crippen LogP contribution in [0.25, 0.3) is 184 Å². The van der Waals surface area contributed by atoms with Crippen LogP contribution in [-0.4, -0.2) is 33.6 Å². The minimum Gasteiger partial charge on any atom is -0.436 e. The van der Waals surface area contributed by atoms with E-state index in [-0.39, 0.29) is 0 Å². The van der Waals surface area contributed by atoms with E-state index >= 15 is 0 Å². The zero-order chi connectivity index (χ0) is 82.3. The number of aromatic nitrogens is 7. The molecule has 0 fully saturated rings. The van der Waals surface area contributed by atoms with E-state index in [0.717, 1.165) is 118 Å². The summed E-state index contributed by atoms with van der Waals surface area (Å²) in [5.41, 5.74) is 35.4. The first kappa shape index (κ1) is 70.6. The predicted octanol–water partition coefficient (Wildman–Crippen LogP) is 29.4. The lowest BCUT2D eigenvalue weighted by Gasteiger charge is -2.33. The summed E-state index contributed by atoms with van der Waals surface area (Å²) in [6.45, 7) is 0. The molecule has 3 aliphatic rings. The van der Waals surface area contributed by atoms with Gasteiger partial charge in [-0.25, -0.2) is 15.0 Å². The van der Waals surface area contributed by atoms with Gasteiger partial charge in [0.1, 0.15) is 16.6 Å². The monoisotopic (exact) mass is 1600 g/mol. The Kier molecular flexibility index (Phi) is 16.0. The van der Waals surface area contributed by atoms with Crippen LogP contribution in [-0.2, 0) is 0 Å². The highest BCUT2D eigenvalue weighted by Gasteiger charge is 2.34. The number of hydrogen-bond donors (Lipinski definition) is 0. The van der Waals surface area contributed by atoms with Gasteiger partial charge in [-0.2, -0.15) is 5.26 Å². The Balaban J connectivity index is 0.000000103. The van der Waals surface area contributed by atoms with Crippen LogP contribution >= 0.6 is 0 Å². The molecular formula is C111H67N11O3. The lowest BCUT2D eigenvalue weighted by molar-refractivity contribution is 0.619. The first-order chi connectivity index (χ1) is 61.9. The molecule has 17 aromatic carbocycles. The smallest absolute Gasteiger partial charge is 0.228 e. The highest BCUT2D eigenvalue weighted by molar-refractivity contribution is 6.21. The minimum atomic E-state index is 0.539. The second-order valence-corrected chi connectivity index (χ2v) is 31.6. The SMILES string of the molecule is N#Cc1ccc2nc(-c3ccc(-c4cc5c6c(c4)c4ccccc4n6-c4ccccc4N5c4ccccc4)cc3)oc2c1.c1ccc(N2c3ccccc3-n3c4ccccc4c4cc(-c5ccc(-c6nc7ccccc7o6)cc5)cc2c43)cc1.c1ccc(N2c3ccccc3-n3c4ccccc4c4cc(-c5ccc(-c6nc7ccccc7o6)cn5)cc2c43)cc1. The van der Waals surface area contributed by atoms with Gasteiger partial charge in [0.25, 0.3) is 0 Å². The molecule has 584 valence electrons. The molecular weight excluding hydrogens is 1540 g/mol. The Morgan fingerprint density at radius 1 is 0.232 bits per heavy atom. The van der Waals surface area contributed by atoms with Crippen molar-refractivity contribution in [3.63, 3.8) is 0 Å². The van der Waals surface area contributed by atoms with Gasteiger partial charge >= 0.3 is 0 Å². The van der Waals surface area contributed by atoms with Crippen LogP contribution in [0.2, 0.25) is 0 Å². The number of anilines is 9. The number of pyridine rings is 1. The molecule has 0 amide bonds. The van der Waals surface area contributed by atoms with Gasteiger partial charge in [-0.3, -0.25) is 4.98 Å². The summed E-state index contributed by atoms with van der Waals surface area (Å²) in [5, 5.41) is 16.6. The first-order valence-corrected chi connectivity index (χ1v) is 41.7. The number of benzene rings is 17. The lowest BCUT2D eigenvalue weighted by Crippen LogP contribution is -2.18. The number of fused-ring (bicyclic) bond motifs is 18. The summed E-state index contributed by atoms with van der Waals surface area (Å²) in [6, 6.07) is 142. The summed E-state index contributed by atoms with van der Waals surface area (Å²) in [7, 11) is 0. The van der Waals surface area contributed by atoms with Gasteiger partial charge in [-0.05, 0) is 222 Å². The summed E-state index contributed by atoms with van der Waals surface area (Å²) in [5.74, 6) is 1.75. The Hall–Kier alpha value is -17.4. The molecule has 27 rings (SSSR count). The molecule has 14 nitrogen and oxygen atoms in total. The molecule has 0 saturated heterocycles. The molecule has 0 saturated carbocycles. The minimum absolute atomic E-state index is 0.539. The average molecular weight is 1600 g/mol. The molecule has 0 unspecified atom stereocenters. The third kappa shape index (κ3) is 11.4. The third-order valence-electron chi connectivity index (χ3n) is 24.4. The number of oxazole rings is 3. The van der Waals surface area contributed by atoms with Gasteiger partial charge in [0.05, 0.1) is 107 Å². The van der Waals surface area contributed by atoms with Crippen LogP contribution in [0.1, 0.15) is 5.56 Å². The molecule has 3 aliphatic heterocycles. The molecule has 125 heavy (non-hydrogen) atoms. The Bertz CT molecular complexity index is 8120. The average Bonchev–Trinajstić information content (AvgIpc) is 1.57. The van der Waals surface area contributed by atoms with Crippen molar-refractivity contribution in [3.8, 4) is 91.0 Å². The first-order valence-electron chi connectivity index (χ1n) is 41.7. The van der Waals surface area contributed by atoms with Crippen LogP contribution in [0.3, 0.4) is 0 Å². The fourth-order valence-electron chi connectivity index (χ4n) is 18.9. The fourth-order valence-corrected chi connectivity index (χ4v) is 18.9. The van der Waals surface area contributed by atoms with Crippen LogP contribution in [0.5, 0.6) is 0 Å². The van der Waals surface area contributed by atoms with E-state index in [2.05, 4.69) is 377 Å². The Morgan fingerprint density at radius 2 is 0.560 bits per heavy atom. The molecule has 10 heterocycles. The zero-order valence-corrected chi connectivity index (χ0v) is 66.8. The van der Waals surface area contributed by atoms with E-state index in [0.29, 0.717) is 28.8 Å². The summed E-state index contributed by atoms with van der Waals surface area (Å²) in [6.07, 6.45) is 1.85. The summed E-state index contributed by atoms with van der Waals surface area (Å²) < 4.78 is 25.3. The molecule has 24 aromatic rings. The topological polar surface area (TPSA) is 139 Å². The quantitative estimate of drug-likeness (QED) is 0.136. The molecule has 7 aromatic heterocycles. The summed E-state index contributed by atoms with van der Waals surface area (Å²) in [4.78, 5) is 26.0. The molecule has 0 atom stereocenters. The number of nitriles is 1. The van der Waals surface area contributed by atoms with Gasteiger partial charge in [0, 0.05) is 78.3 Å². The van der Waals surface area contributed by atoms with Crippen LogP contribution < -0.4 is 14.7 Å². The van der Waals surface area contributed by atoms with E-state index in [1.54, 1.807) is 12.1 Å². The van der Waals surface area contributed by atoms with E-state index in [1.165, 1.54) is 93.7 Å². The van der Waals surface area contributed by atoms with E-state index < -0.39 is 0 Å². The van der Waals surface area contributed by atoms with Crippen molar-refractivity contribution in [2.75, 3.05) is 14.7 Å². The molecule has 14 heteroatoms. The summed E-state index contributed by atoms with van der Waals surface area (Å²) >= 11 is 0. The van der Waals surface area contributed by atoms with Gasteiger partial charge in [-0.15, -0.1) is 0 Å². The van der Waals surface area contributed by atoms with Crippen molar-refractivity contribution < 1.29 is 13.3 Å². The second kappa shape index (κ2) is 28.4. The maximum atomic E-state index is 9.24. The van der Waals surface area contributed by atoms with Crippen molar-refractivity contribution in [1.29, 1.82) is 5.26 Å². The standard InChI is InChI=1S/C38H22N4O.C37H23N3O.C36H22N4O/c39-23-24-14-19-31-36(20-24)43-38(40-31)26-17-15-25(16-18-26)27-21-30-29-10-4-5-11-32(29)42-34-13-7-6-12-33(34)41(35(22-27)37(30)42)28-8-2-1-3-9-28;1-2-10-27(11-3-1)39-32-15-7-8-16-33(32)40-31-14-6-4-12-28(31)29-22-26(23-34(39)36(29)40)24-18-20-25(21-19-24)37-38-30-13-5-9-17-35(30)41-37;1-2-10-25(11-3-1)39-31-15-7-8-16-32(31)40-30-14-6-4-12-26(30)27-20-24(21-33(39)35(27)40)28-19-18-23(22-37-28)36-38-29-13-5-9-17-34(29)41-36/h1-22H;1-23H;1-22H. The highest BCUT2D eigenvalue weighted by atomic mass is 16.4. The van der Waals surface area contributed by atoms with Crippen molar-refractivity contribution in [2.45, 2.75) is 0 Å². The van der Waals surface area contributed by atoms with Crippen LogP contribution in [0, 0.1) is 11.3 Å². The highest BCUT2D eigenvalue weighted by Crippen LogP contribution is 2.56. The van der Waals surface area contributed by atoms with Crippen LogP contribution in [0.4, 0.5) is 51.2 Å². The number of para-hydroxylation sites is 16. The lowest BCUT2D eigenvalue weighted by atomic mass is 9.98. The van der Waals surface area contributed by atoms with E-state index in [9.17, 15) is 5.26 Å². The van der Waals surface area contributed by atoms with Gasteiger partial charge in [0.15, 0.2) is 16.7 Å². The van der Waals surface area contributed by atoms with Crippen molar-refractivity contribution in [1.82, 2.24) is 33.6 Å². The molecule has 0 N–H and O–H groups in total. The predicted molar refractivity (Wildman–Crippen MR) is 505 cm³/mol. The maximum Gasteiger partial charge on any atom is 0.228 e. The molecule has 0 radical (unpaired) electrons. The van der Waals surface area contributed by atoms with Crippen LogP contribution in [0.15, 0.2) is 420 Å². The molecule has 0 bridgehead atoms.